The lowest BCUT2D eigenvalue weighted by Crippen LogP contribution is -2.25. The van der Waals surface area contributed by atoms with Gasteiger partial charge in [0.1, 0.15) is 6.10 Å². The highest BCUT2D eigenvalue weighted by Gasteiger charge is 2.35. The van der Waals surface area contributed by atoms with E-state index in [-0.39, 0.29) is 12.5 Å². The third-order valence-electron chi connectivity index (χ3n) is 4.45. The molecule has 0 radical (unpaired) electrons. The molecule has 0 unspecified atom stereocenters. The van der Waals surface area contributed by atoms with Crippen LogP contribution in [0.2, 0.25) is 0 Å². The molecule has 0 saturated carbocycles. The minimum atomic E-state index is -0.749. The Morgan fingerprint density at radius 3 is 2.54 bits per heavy atom. The van der Waals surface area contributed by atoms with Crippen molar-refractivity contribution in [2.75, 3.05) is 0 Å². The SMILES string of the molecule is CC[C@H](O)[C@@H]1C[C@@H](O)[C@H](/C=C/[C@@H](O)CCCCCCCC(=O)O)O1. The van der Waals surface area contributed by atoms with Gasteiger partial charge in [-0.1, -0.05) is 44.8 Å². The molecule has 4 N–H and O–H groups in total. The van der Waals surface area contributed by atoms with Gasteiger partial charge < -0.3 is 25.2 Å². The van der Waals surface area contributed by atoms with Crippen LogP contribution in [-0.2, 0) is 9.53 Å². The Hall–Kier alpha value is -0.950. The third kappa shape index (κ3) is 8.24. The molecule has 24 heavy (non-hydrogen) atoms. The number of hydrogen-bond donors (Lipinski definition) is 4. The van der Waals surface area contributed by atoms with E-state index in [2.05, 4.69) is 0 Å². The molecule has 0 aliphatic carbocycles. The highest BCUT2D eigenvalue weighted by Crippen LogP contribution is 2.25. The van der Waals surface area contributed by atoms with Crippen LogP contribution < -0.4 is 0 Å². The van der Waals surface area contributed by atoms with Crippen molar-refractivity contribution in [1.82, 2.24) is 0 Å². The first-order valence-electron chi connectivity index (χ1n) is 9.03. The van der Waals surface area contributed by atoms with Crippen molar-refractivity contribution in [2.24, 2.45) is 0 Å². The van der Waals surface area contributed by atoms with Crippen molar-refractivity contribution < 1.29 is 30.0 Å². The third-order valence-corrected chi connectivity index (χ3v) is 4.45. The summed E-state index contributed by atoms with van der Waals surface area (Å²) >= 11 is 0. The molecule has 1 aliphatic rings. The summed E-state index contributed by atoms with van der Waals surface area (Å²) in [6.45, 7) is 1.87. The first kappa shape index (κ1) is 21.1. The largest absolute Gasteiger partial charge is 0.481 e. The zero-order chi connectivity index (χ0) is 17.9. The van der Waals surface area contributed by atoms with Crippen molar-refractivity contribution in [3.63, 3.8) is 0 Å². The molecule has 1 aliphatic heterocycles. The van der Waals surface area contributed by atoms with E-state index in [9.17, 15) is 20.1 Å². The van der Waals surface area contributed by atoms with Gasteiger partial charge >= 0.3 is 5.97 Å². The monoisotopic (exact) mass is 344 g/mol. The Morgan fingerprint density at radius 1 is 1.21 bits per heavy atom. The summed E-state index contributed by atoms with van der Waals surface area (Å²) in [6, 6.07) is 0. The van der Waals surface area contributed by atoms with E-state index in [0.717, 1.165) is 25.7 Å². The van der Waals surface area contributed by atoms with Crippen molar-refractivity contribution in [1.29, 1.82) is 0 Å². The number of unbranched alkanes of at least 4 members (excludes halogenated alkanes) is 4. The van der Waals surface area contributed by atoms with Crippen molar-refractivity contribution in [3.8, 4) is 0 Å². The second-order valence-corrected chi connectivity index (χ2v) is 6.57. The minimum Gasteiger partial charge on any atom is -0.481 e. The molecule has 0 amide bonds. The minimum absolute atomic E-state index is 0.225. The molecule has 1 saturated heterocycles. The van der Waals surface area contributed by atoms with Crippen LogP contribution in [0.3, 0.4) is 0 Å². The maximum absolute atomic E-state index is 10.4. The van der Waals surface area contributed by atoms with Gasteiger partial charge in [-0.05, 0) is 19.3 Å². The van der Waals surface area contributed by atoms with Gasteiger partial charge in [0.05, 0.1) is 24.4 Å². The van der Waals surface area contributed by atoms with Crippen molar-refractivity contribution in [2.45, 2.75) is 95.2 Å². The standard InChI is InChI=1S/C18H32O6/c1-2-14(20)17-12-15(21)16(24-17)11-10-13(19)8-6-4-3-5-7-9-18(22)23/h10-11,13-17,19-21H,2-9,12H2,1H3,(H,22,23)/b11-10+/t13-,14-,15+,16-,17-/m0/s1. The maximum atomic E-state index is 10.4. The highest BCUT2D eigenvalue weighted by molar-refractivity contribution is 5.66. The summed E-state index contributed by atoms with van der Waals surface area (Å²) in [6.07, 6.45) is 7.04. The Labute approximate surface area is 144 Å². The second kappa shape index (κ2) is 11.6. The smallest absolute Gasteiger partial charge is 0.303 e. The van der Waals surface area contributed by atoms with Gasteiger partial charge in [0.25, 0.3) is 0 Å². The van der Waals surface area contributed by atoms with E-state index in [4.69, 9.17) is 9.84 Å². The number of carboxylic acid groups (broad SMARTS) is 1. The lowest BCUT2D eigenvalue weighted by atomic mass is 10.0. The van der Waals surface area contributed by atoms with Crippen LogP contribution in [-0.4, -0.2) is 56.9 Å². The summed E-state index contributed by atoms with van der Waals surface area (Å²) in [5.41, 5.74) is 0. The Morgan fingerprint density at radius 2 is 1.88 bits per heavy atom. The lowest BCUT2D eigenvalue weighted by molar-refractivity contribution is -0.137. The van der Waals surface area contributed by atoms with Crippen LogP contribution >= 0.6 is 0 Å². The van der Waals surface area contributed by atoms with E-state index in [1.807, 2.05) is 6.92 Å². The number of carbonyl (C=O) groups is 1. The first-order valence-corrected chi connectivity index (χ1v) is 9.03. The molecule has 0 aromatic heterocycles. The molecule has 0 aromatic carbocycles. The highest BCUT2D eigenvalue weighted by atomic mass is 16.5. The number of ether oxygens (including phenoxy) is 1. The Balaban J connectivity index is 2.15. The Bertz CT molecular complexity index is 384. The van der Waals surface area contributed by atoms with Crippen molar-refractivity contribution in [3.05, 3.63) is 12.2 Å². The number of rotatable bonds is 12. The number of aliphatic carboxylic acids is 1. The normalized spacial score (nSPS) is 26.8. The zero-order valence-corrected chi connectivity index (χ0v) is 14.5. The molecule has 0 bridgehead atoms. The molecule has 1 rings (SSSR count). The van der Waals surface area contributed by atoms with E-state index in [0.29, 0.717) is 25.7 Å². The fraction of sp³-hybridized carbons (Fsp3) is 0.833. The molecular weight excluding hydrogens is 312 g/mol. The van der Waals surface area contributed by atoms with Gasteiger partial charge in [-0.2, -0.15) is 0 Å². The van der Waals surface area contributed by atoms with Gasteiger partial charge in [-0.3, -0.25) is 4.79 Å². The van der Waals surface area contributed by atoms with Crippen LogP contribution in [0.4, 0.5) is 0 Å². The maximum Gasteiger partial charge on any atom is 0.303 e. The summed E-state index contributed by atoms with van der Waals surface area (Å²) in [7, 11) is 0. The molecule has 0 spiro atoms. The summed E-state index contributed by atoms with van der Waals surface area (Å²) in [4.78, 5) is 10.4. The number of aliphatic hydroxyl groups is 3. The van der Waals surface area contributed by atoms with E-state index in [1.165, 1.54) is 0 Å². The number of carboxylic acids is 1. The van der Waals surface area contributed by atoms with Crippen LogP contribution in [0.1, 0.15) is 64.7 Å². The average Bonchev–Trinajstić information content (AvgIpc) is 2.92. The van der Waals surface area contributed by atoms with E-state index in [1.54, 1.807) is 12.2 Å². The fourth-order valence-electron chi connectivity index (χ4n) is 2.90. The van der Waals surface area contributed by atoms with Crippen molar-refractivity contribution >= 4 is 5.97 Å². The molecule has 5 atom stereocenters. The molecule has 0 aromatic rings. The van der Waals surface area contributed by atoms with E-state index < -0.39 is 30.4 Å². The molecule has 1 fully saturated rings. The Kier molecular flexibility index (Phi) is 10.2. The summed E-state index contributed by atoms with van der Waals surface area (Å²) < 4.78 is 5.62. The quantitative estimate of drug-likeness (QED) is 0.319. The molecule has 1 heterocycles. The first-order chi connectivity index (χ1) is 11.4. The van der Waals surface area contributed by atoms with Gasteiger partial charge in [-0.15, -0.1) is 0 Å². The van der Waals surface area contributed by atoms with E-state index >= 15 is 0 Å². The second-order valence-electron chi connectivity index (χ2n) is 6.57. The van der Waals surface area contributed by atoms with Gasteiger partial charge in [0, 0.05) is 12.8 Å². The summed E-state index contributed by atoms with van der Waals surface area (Å²) in [5, 5.41) is 38.2. The molecule has 140 valence electrons. The number of hydrogen-bond acceptors (Lipinski definition) is 5. The zero-order valence-electron chi connectivity index (χ0n) is 14.5. The van der Waals surface area contributed by atoms with Crippen LogP contribution in [0.25, 0.3) is 0 Å². The lowest BCUT2D eigenvalue weighted by Gasteiger charge is -2.16. The average molecular weight is 344 g/mol. The topological polar surface area (TPSA) is 107 Å². The predicted octanol–water partition coefficient (Wildman–Crippen LogP) is 2.01. The fourth-order valence-corrected chi connectivity index (χ4v) is 2.90. The van der Waals surface area contributed by atoms with Crippen LogP contribution in [0.15, 0.2) is 12.2 Å². The molecule has 6 nitrogen and oxygen atoms in total. The van der Waals surface area contributed by atoms with Gasteiger partial charge in [0.2, 0.25) is 0 Å². The van der Waals surface area contributed by atoms with Crippen LogP contribution in [0, 0.1) is 0 Å². The van der Waals surface area contributed by atoms with Gasteiger partial charge in [-0.25, -0.2) is 0 Å². The van der Waals surface area contributed by atoms with Crippen LogP contribution in [0.5, 0.6) is 0 Å². The predicted molar refractivity (Wildman–Crippen MR) is 90.7 cm³/mol. The number of aliphatic hydroxyl groups excluding tert-OH is 3. The molecular formula is C18H32O6. The van der Waals surface area contributed by atoms with Gasteiger partial charge in [0.15, 0.2) is 0 Å². The summed E-state index contributed by atoms with van der Waals surface area (Å²) in [5.74, 6) is -0.749. The molecule has 6 heteroatoms.